The molecule has 0 rings (SSSR count). The monoisotopic (exact) mass is 521 g/mol. The number of thioether (sulfide) groups is 1. The Bertz CT molecular complexity index is 707. The van der Waals surface area contributed by atoms with E-state index >= 15 is 0 Å². The molecule has 196 valence electrons. The van der Waals surface area contributed by atoms with Crippen LogP contribution in [0.2, 0.25) is 0 Å². The van der Waals surface area contributed by atoms with Crippen molar-refractivity contribution < 1.29 is 24.3 Å². The van der Waals surface area contributed by atoms with Crippen molar-refractivity contribution >= 4 is 54.0 Å². The Morgan fingerprint density at radius 1 is 1.03 bits per heavy atom. The summed E-state index contributed by atoms with van der Waals surface area (Å²) in [5, 5.41) is 17.1. The summed E-state index contributed by atoms with van der Waals surface area (Å²) in [5.41, 5.74) is 16.4. The number of guanidine groups is 1. The van der Waals surface area contributed by atoms with E-state index in [0.29, 0.717) is 31.6 Å². The minimum absolute atomic E-state index is 0.0292. The van der Waals surface area contributed by atoms with Crippen molar-refractivity contribution in [2.75, 3.05) is 24.3 Å². The minimum atomic E-state index is -1.15. The fourth-order valence-electron chi connectivity index (χ4n) is 2.83. The van der Waals surface area contributed by atoms with Crippen molar-refractivity contribution in [3.63, 3.8) is 0 Å². The summed E-state index contributed by atoms with van der Waals surface area (Å²) in [6.45, 7) is 3.93. The highest BCUT2D eigenvalue weighted by Crippen LogP contribution is 2.10. The number of carboxylic acids is 1. The van der Waals surface area contributed by atoms with Gasteiger partial charge in [-0.2, -0.15) is 24.4 Å². The normalized spacial score (nSPS) is 15.2. The summed E-state index contributed by atoms with van der Waals surface area (Å²) in [5.74, 6) is -2.73. The molecule has 0 aliphatic rings. The van der Waals surface area contributed by atoms with Crippen LogP contribution in [0.5, 0.6) is 0 Å². The molecule has 0 saturated carbocycles. The van der Waals surface area contributed by atoms with Crippen LogP contribution in [0, 0.1) is 5.92 Å². The quantitative estimate of drug-likeness (QED) is 0.0490. The second-order valence-electron chi connectivity index (χ2n) is 7.85. The van der Waals surface area contributed by atoms with Gasteiger partial charge in [0.05, 0.1) is 6.04 Å². The second-order valence-corrected chi connectivity index (χ2v) is 9.20. The van der Waals surface area contributed by atoms with Crippen molar-refractivity contribution in [2.45, 2.75) is 63.7 Å². The first kappa shape index (κ1) is 31.8. The number of hydrogen-bond acceptors (Lipinski definition) is 8. The number of rotatable bonds is 17. The number of aliphatic imine (C=N–C) groups is 1. The number of carbonyl (C=O) groups is 4. The molecule has 12 nitrogen and oxygen atoms in total. The highest BCUT2D eigenvalue weighted by molar-refractivity contribution is 7.98. The van der Waals surface area contributed by atoms with Gasteiger partial charge in [0.25, 0.3) is 0 Å². The number of nitrogens with two attached hydrogens (primary N) is 3. The van der Waals surface area contributed by atoms with Gasteiger partial charge in [-0.1, -0.05) is 20.3 Å². The smallest absolute Gasteiger partial charge is 0.326 e. The molecule has 0 aromatic rings. The lowest BCUT2D eigenvalue weighted by Gasteiger charge is -2.27. The molecule has 0 heterocycles. The minimum Gasteiger partial charge on any atom is -0.480 e. The molecule has 5 atom stereocenters. The van der Waals surface area contributed by atoms with Gasteiger partial charge in [-0.3, -0.25) is 19.4 Å². The molecule has 3 amide bonds. The van der Waals surface area contributed by atoms with E-state index in [2.05, 4.69) is 33.6 Å². The molecule has 14 heteroatoms. The molecule has 0 aromatic carbocycles. The van der Waals surface area contributed by atoms with Crippen LogP contribution in [-0.2, 0) is 19.2 Å². The maximum atomic E-state index is 12.8. The van der Waals surface area contributed by atoms with Gasteiger partial charge < -0.3 is 38.3 Å². The number of nitrogens with zero attached hydrogens (tertiary/aromatic N) is 1. The molecule has 10 N–H and O–H groups in total. The van der Waals surface area contributed by atoms with Gasteiger partial charge in [-0.05, 0) is 37.2 Å². The molecule has 0 spiro atoms. The van der Waals surface area contributed by atoms with Crippen LogP contribution in [-0.4, -0.2) is 83.2 Å². The molecule has 0 radical (unpaired) electrons. The zero-order valence-electron chi connectivity index (χ0n) is 20.0. The van der Waals surface area contributed by atoms with Crippen molar-refractivity contribution in [2.24, 2.45) is 28.1 Å². The van der Waals surface area contributed by atoms with Crippen LogP contribution in [0.3, 0.4) is 0 Å². The molecule has 5 unspecified atom stereocenters. The van der Waals surface area contributed by atoms with E-state index in [0.717, 1.165) is 0 Å². The van der Waals surface area contributed by atoms with Gasteiger partial charge >= 0.3 is 5.97 Å². The third-order valence-corrected chi connectivity index (χ3v) is 6.15. The average Bonchev–Trinajstić information content (AvgIpc) is 2.79. The Hall–Kier alpha value is -2.19. The third-order valence-electron chi connectivity index (χ3n) is 5.14. The highest BCUT2D eigenvalue weighted by atomic mass is 32.2. The predicted octanol–water partition coefficient (Wildman–Crippen LogP) is -1.36. The molecule has 0 fully saturated rings. The van der Waals surface area contributed by atoms with Gasteiger partial charge in [0.1, 0.15) is 18.1 Å². The molecule has 0 aromatic heterocycles. The van der Waals surface area contributed by atoms with E-state index < -0.39 is 47.9 Å². The Kier molecular flexibility index (Phi) is 16.2. The van der Waals surface area contributed by atoms with Crippen LogP contribution in [0.25, 0.3) is 0 Å². The number of hydrogen-bond donors (Lipinski definition) is 8. The lowest BCUT2D eigenvalue weighted by molar-refractivity contribution is -0.142. The lowest BCUT2D eigenvalue weighted by Crippen LogP contribution is -2.59. The van der Waals surface area contributed by atoms with Crippen LogP contribution in [0.1, 0.15) is 39.5 Å². The fourth-order valence-corrected chi connectivity index (χ4v) is 3.56. The van der Waals surface area contributed by atoms with Crippen LogP contribution >= 0.6 is 24.4 Å². The van der Waals surface area contributed by atoms with Gasteiger partial charge in [0.15, 0.2) is 5.96 Å². The maximum Gasteiger partial charge on any atom is 0.326 e. The fraction of sp³-hybridized carbons (Fsp3) is 0.750. The van der Waals surface area contributed by atoms with Crippen LogP contribution in [0.15, 0.2) is 4.99 Å². The first-order valence-corrected chi connectivity index (χ1v) is 13.1. The summed E-state index contributed by atoms with van der Waals surface area (Å²) in [4.78, 5) is 53.4. The van der Waals surface area contributed by atoms with Gasteiger partial charge in [0, 0.05) is 12.3 Å². The average molecular weight is 522 g/mol. The second kappa shape index (κ2) is 17.3. The van der Waals surface area contributed by atoms with Crippen molar-refractivity contribution in [1.82, 2.24) is 16.0 Å². The third kappa shape index (κ3) is 12.3. The summed E-state index contributed by atoms with van der Waals surface area (Å²) < 4.78 is 0. The molecular weight excluding hydrogens is 482 g/mol. The van der Waals surface area contributed by atoms with Gasteiger partial charge in [0.2, 0.25) is 17.7 Å². The number of aliphatic carboxylic acids is 1. The van der Waals surface area contributed by atoms with E-state index in [1.165, 1.54) is 11.8 Å². The van der Waals surface area contributed by atoms with Crippen molar-refractivity contribution in [3.05, 3.63) is 0 Å². The van der Waals surface area contributed by atoms with Gasteiger partial charge in [-0.25, -0.2) is 4.79 Å². The number of thiol groups is 1. The standard InChI is InChI=1S/C20H39N7O5S2/c1-4-11(2)15(18(30)25-13(19(31)32)7-9-34-3)27-17(29)14(10-33)26-16(28)12(21)6-5-8-24-20(22)23/h11-15,33H,4-10,21H2,1-3H3,(H,25,30)(H,26,28)(H,27,29)(H,31,32)(H4,22,23,24). The Morgan fingerprint density at radius 3 is 2.15 bits per heavy atom. The summed E-state index contributed by atoms with van der Waals surface area (Å²) in [6, 6.07) is -3.97. The van der Waals surface area contributed by atoms with E-state index in [9.17, 15) is 24.3 Å². The van der Waals surface area contributed by atoms with E-state index in [1.807, 2.05) is 13.2 Å². The van der Waals surface area contributed by atoms with E-state index in [1.54, 1.807) is 6.92 Å². The summed E-state index contributed by atoms with van der Waals surface area (Å²) in [7, 11) is 0. The SMILES string of the molecule is CCC(C)C(NC(=O)C(CS)NC(=O)C(N)CCCN=C(N)N)C(=O)NC(CCSC)C(=O)O. The topological polar surface area (TPSA) is 215 Å². The van der Waals surface area contributed by atoms with E-state index in [-0.39, 0.29) is 24.1 Å². The molecule has 0 bridgehead atoms. The predicted molar refractivity (Wildman–Crippen MR) is 138 cm³/mol. The number of carbonyl (C=O) groups excluding carboxylic acids is 3. The molecule has 0 saturated heterocycles. The number of carboxylic acid groups (broad SMARTS) is 1. The van der Waals surface area contributed by atoms with Gasteiger partial charge in [-0.15, -0.1) is 0 Å². The number of amides is 3. The largest absolute Gasteiger partial charge is 0.480 e. The van der Waals surface area contributed by atoms with E-state index in [4.69, 9.17) is 17.2 Å². The molecule has 0 aliphatic heterocycles. The zero-order chi connectivity index (χ0) is 26.3. The zero-order valence-corrected chi connectivity index (χ0v) is 21.7. The van der Waals surface area contributed by atoms with Crippen molar-refractivity contribution in [1.29, 1.82) is 0 Å². The molecular formula is C20H39N7O5S2. The summed E-state index contributed by atoms with van der Waals surface area (Å²) >= 11 is 5.60. The maximum absolute atomic E-state index is 12.8. The number of nitrogens with one attached hydrogen (secondary N) is 3. The summed E-state index contributed by atoms with van der Waals surface area (Å²) in [6.07, 6.45) is 3.42. The van der Waals surface area contributed by atoms with Crippen LogP contribution < -0.4 is 33.2 Å². The highest BCUT2D eigenvalue weighted by Gasteiger charge is 2.32. The van der Waals surface area contributed by atoms with Crippen LogP contribution in [0.4, 0.5) is 0 Å². The Morgan fingerprint density at radius 2 is 1.65 bits per heavy atom. The first-order chi connectivity index (χ1) is 16.0. The lowest BCUT2D eigenvalue weighted by atomic mass is 9.97. The van der Waals surface area contributed by atoms with Crippen molar-refractivity contribution in [3.8, 4) is 0 Å². The molecule has 0 aliphatic carbocycles. The Balaban J connectivity index is 5.15. The first-order valence-electron chi connectivity index (χ1n) is 11.0. The Labute approximate surface area is 210 Å². The molecule has 34 heavy (non-hydrogen) atoms.